The maximum atomic E-state index is 5.66. The van der Waals surface area contributed by atoms with Gasteiger partial charge in [0.15, 0.2) is 0 Å². The van der Waals surface area contributed by atoms with E-state index in [1.54, 1.807) is 20.5 Å². The van der Waals surface area contributed by atoms with E-state index in [1.165, 1.54) is 0 Å². The molecule has 1 aromatic rings. The Hall–Kier alpha value is -0.780. The minimum atomic E-state index is 0.353. The lowest BCUT2D eigenvalue weighted by atomic mass is 10.5. The van der Waals surface area contributed by atoms with Gasteiger partial charge in [0, 0.05) is 27.3 Å². The van der Waals surface area contributed by atoms with Gasteiger partial charge in [0.2, 0.25) is 0 Å². The van der Waals surface area contributed by atoms with Gasteiger partial charge in [-0.1, -0.05) is 0 Å². The molecule has 0 unspecified atom stereocenters. The van der Waals surface area contributed by atoms with Gasteiger partial charge < -0.3 is 18.8 Å². The molecule has 5 nitrogen and oxygen atoms in total. The number of halogens is 1. The zero-order chi connectivity index (χ0) is 11.8. The minimum absolute atomic E-state index is 0.353. The fourth-order valence-corrected chi connectivity index (χ4v) is 1.33. The predicted octanol–water partition coefficient (Wildman–Crippen LogP) is 1.51. The summed E-state index contributed by atoms with van der Waals surface area (Å²) in [5.74, 6) is 0.353. The van der Waals surface area contributed by atoms with Gasteiger partial charge in [-0.15, -0.1) is 11.6 Å². The van der Waals surface area contributed by atoms with Crippen molar-refractivity contribution in [3.63, 3.8) is 0 Å². The van der Waals surface area contributed by atoms with Crippen LogP contribution in [0.15, 0.2) is 10.7 Å². The summed E-state index contributed by atoms with van der Waals surface area (Å²) < 4.78 is 15.4. The van der Waals surface area contributed by atoms with Crippen molar-refractivity contribution in [3.05, 3.63) is 12.0 Å². The number of nitrogens with zero attached hydrogens (tertiary/aromatic N) is 2. The molecule has 0 bridgehead atoms. The van der Waals surface area contributed by atoms with Gasteiger partial charge in [0.25, 0.3) is 6.01 Å². The van der Waals surface area contributed by atoms with E-state index in [9.17, 15) is 0 Å². The quantitative estimate of drug-likeness (QED) is 0.653. The molecule has 1 rings (SSSR count). The van der Waals surface area contributed by atoms with E-state index >= 15 is 0 Å². The molecule has 0 spiro atoms. The molecule has 0 N–H and O–H groups in total. The van der Waals surface area contributed by atoms with Crippen molar-refractivity contribution in [2.75, 3.05) is 45.4 Å². The van der Waals surface area contributed by atoms with Crippen molar-refractivity contribution in [2.45, 2.75) is 5.88 Å². The second-order valence-electron chi connectivity index (χ2n) is 3.23. The smallest absolute Gasteiger partial charge is 0.297 e. The molecule has 0 atom stereocenters. The van der Waals surface area contributed by atoms with Crippen LogP contribution in [0.4, 0.5) is 6.01 Å². The molecule has 0 aliphatic carbocycles. The monoisotopic (exact) mass is 248 g/mol. The van der Waals surface area contributed by atoms with Crippen molar-refractivity contribution in [2.24, 2.45) is 0 Å². The van der Waals surface area contributed by atoms with Gasteiger partial charge in [0.1, 0.15) is 6.26 Å². The number of ether oxygens (including phenoxy) is 2. The van der Waals surface area contributed by atoms with Crippen LogP contribution in [0.5, 0.6) is 0 Å². The van der Waals surface area contributed by atoms with Crippen LogP contribution in [0.1, 0.15) is 5.69 Å². The SMILES string of the molecule is COCCN(CCOC)c1nc(CCl)co1. The normalized spacial score (nSPS) is 10.7. The molecule has 0 radical (unpaired) electrons. The van der Waals surface area contributed by atoms with Crippen molar-refractivity contribution in [1.29, 1.82) is 0 Å². The summed E-state index contributed by atoms with van der Waals surface area (Å²) in [5.41, 5.74) is 0.733. The van der Waals surface area contributed by atoms with Crippen molar-refractivity contribution < 1.29 is 13.9 Å². The van der Waals surface area contributed by atoms with Crippen molar-refractivity contribution in [1.82, 2.24) is 4.98 Å². The third-order valence-corrected chi connectivity index (χ3v) is 2.35. The molecule has 0 saturated heterocycles. The van der Waals surface area contributed by atoms with Crippen LogP contribution >= 0.6 is 11.6 Å². The van der Waals surface area contributed by atoms with E-state index in [4.69, 9.17) is 25.5 Å². The number of anilines is 1. The van der Waals surface area contributed by atoms with Crippen LogP contribution in [-0.2, 0) is 15.4 Å². The number of hydrogen-bond acceptors (Lipinski definition) is 5. The molecule has 0 aliphatic heterocycles. The van der Waals surface area contributed by atoms with Gasteiger partial charge in [-0.05, 0) is 0 Å². The highest BCUT2D eigenvalue weighted by molar-refractivity contribution is 6.16. The zero-order valence-corrected chi connectivity index (χ0v) is 10.4. The Labute approximate surface area is 100 Å². The van der Waals surface area contributed by atoms with E-state index in [0.717, 1.165) is 5.69 Å². The largest absolute Gasteiger partial charge is 0.432 e. The molecule has 92 valence electrons. The lowest BCUT2D eigenvalue weighted by Gasteiger charge is -2.19. The lowest BCUT2D eigenvalue weighted by molar-refractivity contribution is 0.188. The number of alkyl halides is 1. The van der Waals surface area contributed by atoms with Crippen LogP contribution in [0, 0.1) is 0 Å². The van der Waals surface area contributed by atoms with Gasteiger partial charge >= 0.3 is 0 Å². The van der Waals surface area contributed by atoms with Crippen LogP contribution in [0.3, 0.4) is 0 Å². The molecule has 0 amide bonds. The Morgan fingerprint density at radius 1 is 1.31 bits per heavy atom. The van der Waals surface area contributed by atoms with E-state index in [0.29, 0.717) is 38.2 Å². The molecule has 1 heterocycles. The highest BCUT2D eigenvalue weighted by Gasteiger charge is 2.12. The topological polar surface area (TPSA) is 47.7 Å². The van der Waals surface area contributed by atoms with E-state index < -0.39 is 0 Å². The molecular weight excluding hydrogens is 232 g/mol. The average molecular weight is 249 g/mol. The van der Waals surface area contributed by atoms with Crippen LogP contribution in [-0.4, -0.2) is 45.5 Å². The summed E-state index contributed by atoms with van der Waals surface area (Å²) in [5, 5.41) is 0. The fourth-order valence-electron chi connectivity index (χ4n) is 1.21. The van der Waals surface area contributed by atoms with Crippen LogP contribution in [0.25, 0.3) is 0 Å². The molecule has 0 fully saturated rings. The number of aromatic nitrogens is 1. The van der Waals surface area contributed by atoms with Gasteiger partial charge in [0.05, 0.1) is 24.8 Å². The van der Waals surface area contributed by atoms with Gasteiger partial charge in [-0.3, -0.25) is 0 Å². The summed E-state index contributed by atoms with van der Waals surface area (Å²) >= 11 is 5.66. The molecule has 1 aromatic heterocycles. The van der Waals surface area contributed by atoms with Gasteiger partial charge in [-0.2, -0.15) is 4.98 Å². The summed E-state index contributed by atoms with van der Waals surface area (Å²) in [6, 6.07) is 0.560. The van der Waals surface area contributed by atoms with Crippen LogP contribution < -0.4 is 4.90 Å². The molecular formula is C10H17ClN2O3. The summed E-state index contributed by atoms with van der Waals surface area (Å²) in [6.07, 6.45) is 1.56. The molecule has 16 heavy (non-hydrogen) atoms. The first-order chi connectivity index (χ1) is 7.81. The summed E-state index contributed by atoms with van der Waals surface area (Å²) in [6.45, 7) is 2.65. The Kier molecular flexibility index (Phi) is 6.22. The highest BCUT2D eigenvalue weighted by Crippen LogP contribution is 2.14. The maximum Gasteiger partial charge on any atom is 0.297 e. The molecule has 6 heteroatoms. The highest BCUT2D eigenvalue weighted by atomic mass is 35.5. The zero-order valence-electron chi connectivity index (χ0n) is 9.61. The predicted molar refractivity (Wildman–Crippen MR) is 62.0 cm³/mol. The minimum Gasteiger partial charge on any atom is -0.432 e. The molecule has 0 saturated carbocycles. The summed E-state index contributed by atoms with van der Waals surface area (Å²) in [7, 11) is 3.32. The number of methoxy groups -OCH3 is 2. The Bertz CT molecular complexity index is 285. The molecule has 0 aliphatic rings. The number of hydrogen-bond donors (Lipinski definition) is 0. The summed E-state index contributed by atoms with van der Waals surface area (Å²) in [4.78, 5) is 6.21. The Morgan fingerprint density at radius 3 is 2.38 bits per heavy atom. The standard InChI is InChI=1S/C10H17ClN2O3/c1-14-5-3-13(4-6-15-2)10-12-9(7-11)8-16-10/h8H,3-7H2,1-2H3. The van der Waals surface area contributed by atoms with E-state index in [1.807, 2.05) is 4.90 Å². The van der Waals surface area contributed by atoms with Gasteiger partial charge in [-0.25, -0.2) is 0 Å². The van der Waals surface area contributed by atoms with E-state index in [-0.39, 0.29) is 0 Å². The second kappa shape index (κ2) is 7.49. The Morgan fingerprint density at radius 2 is 1.94 bits per heavy atom. The fraction of sp³-hybridized carbons (Fsp3) is 0.700. The average Bonchev–Trinajstić information content (AvgIpc) is 2.78. The first-order valence-electron chi connectivity index (χ1n) is 5.05. The Balaban J connectivity index is 2.58. The third kappa shape index (κ3) is 4.00. The maximum absolute atomic E-state index is 5.66. The van der Waals surface area contributed by atoms with E-state index in [2.05, 4.69) is 4.98 Å². The third-order valence-electron chi connectivity index (χ3n) is 2.08. The lowest BCUT2D eigenvalue weighted by Crippen LogP contribution is -2.30. The van der Waals surface area contributed by atoms with Crippen LogP contribution in [0.2, 0.25) is 0 Å². The first-order valence-corrected chi connectivity index (χ1v) is 5.58. The van der Waals surface area contributed by atoms with Crippen molar-refractivity contribution >= 4 is 17.6 Å². The number of oxazole rings is 1. The second-order valence-corrected chi connectivity index (χ2v) is 3.49. The first kappa shape index (κ1) is 13.3. The van der Waals surface area contributed by atoms with Crippen molar-refractivity contribution in [3.8, 4) is 0 Å². The molecule has 0 aromatic carbocycles. The number of rotatable bonds is 8.